The summed E-state index contributed by atoms with van der Waals surface area (Å²) in [6, 6.07) is 16.4. The number of carbonyl (C=O) groups is 1. The van der Waals surface area contributed by atoms with Crippen molar-refractivity contribution in [2.24, 2.45) is 0 Å². The Bertz CT molecular complexity index is 1100. The summed E-state index contributed by atoms with van der Waals surface area (Å²) in [4.78, 5) is 12.4. The Labute approximate surface area is 160 Å². The van der Waals surface area contributed by atoms with E-state index in [0.29, 0.717) is 34.4 Å². The first kappa shape index (κ1) is 17.7. The number of rotatable bonds is 6. The number of nitrogens with one attached hydrogen (secondary N) is 1. The fraction of sp³-hybridized carbons (Fsp3) is 0.143. The smallest absolute Gasteiger partial charge is 0.230 e. The van der Waals surface area contributed by atoms with Gasteiger partial charge in [-0.2, -0.15) is 0 Å². The molecule has 0 fully saturated rings. The quantitative estimate of drug-likeness (QED) is 0.539. The van der Waals surface area contributed by atoms with E-state index < -0.39 is 0 Å². The van der Waals surface area contributed by atoms with Crippen LogP contribution < -0.4 is 14.8 Å². The van der Waals surface area contributed by atoms with Crippen molar-refractivity contribution in [2.45, 2.75) is 6.42 Å². The van der Waals surface area contributed by atoms with Crippen molar-refractivity contribution in [3.05, 3.63) is 60.3 Å². The first-order valence-electron chi connectivity index (χ1n) is 8.62. The van der Waals surface area contributed by atoms with Crippen LogP contribution in [-0.4, -0.2) is 25.3 Å². The van der Waals surface area contributed by atoms with Gasteiger partial charge >= 0.3 is 0 Å². The number of anilines is 1. The summed E-state index contributed by atoms with van der Waals surface area (Å²) in [5, 5.41) is 7.75. The lowest BCUT2D eigenvalue weighted by atomic mass is 10.2. The average Bonchev–Trinajstić information content (AvgIpc) is 3.34. The van der Waals surface area contributed by atoms with Crippen LogP contribution in [0.1, 0.15) is 5.69 Å². The molecule has 0 aliphatic heterocycles. The minimum absolute atomic E-state index is 0.0545. The van der Waals surface area contributed by atoms with Crippen LogP contribution in [0.5, 0.6) is 11.5 Å². The van der Waals surface area contributed by atoms with Crippen molar-refractivity contribution >= 4 is 22.6 Å². The first-order valence-corrected chi connectivity index (χ1v) is 8.62. The van der Waals surface area contributed by atoms with E-state index in [1.165, 1.54) is 7.11 Å². The second kappa shape index (κ2) is 7.48. The molecule has 0 radical (unpaired) electrons. The van der Waals surface area contributed by atoms with E-state index in [-0.39, 0.29) is 12.3 Å². The summed E-state index contributed by atoms with van der Waals surface area (Å²) in [7, 11) is 3.10. The van der Waals surface area contributed by atoms with E-state index in [4.69, 9.17) is 18.4 Å². The van der Waals surface area contributed by atoms with Gasteiger partial charge in [-0.3, -0.25) is 4.79 Å². The molecule has 4 aromatic rings. The molecule has 0 aliphatic carbocycles. The molecule has 0 saturated carbocycles. The van der Waals surface area contributed by atoms with Crippen molar-refractivity contribution in [3.8, 4) is 23.0 Å². The molecule has 4 rings (SSSR count). The molecule has 0 atom stereocenters. The average molecular weight is 378 g/mol. The summed E-state index contributed by atoms with van der Waals surface area (Å²) in [5.74, 6) is 1.95. The molecular formula is C21H18N2O5. The van der Waals surface area contributed by atoms with Gasteiger partial charge in [-0.15, -0.1) is 0 Å². The molecule has 142 valence electrons. The van der Waals surface area contributed by atoms with E-state index in [2.05, 4.69) is 10.5 Å². The predicted molar refractivity (Wildman–Crippen MR) is 104 cm³/mol. The number of hydrogen-bond donors (Lipinski definition) is 1. The van der Waals surface area contributed by atoms with Crippen LogP contribution in [-0.2, 0) is 11.2 Å². The van der Waals surface area contributed by atoms with Crippen LogP contribution >= 0.6 is 0 Å². The zero-order chi connectivity index (χ0) is 19.5. The van der Waals surface area contributed by atoms with Crippen LogP contribution in [0.15, 0.2) is 63.5 Å². The molecule has 2 aromatic heterocycles. The minimum atomic E-state index is -0.243. The van der Waals surface area contributed by atoms with Crippen LogP contribution in [0.3, 0.4) is 0 Å². The number of para-hydroxylation sites is 1. The Hall–Kier alpha value is -3.74. The van der Waals surface area contributed by atoms with Gasteiger partial charge in [0, 0.05) is 17.5 Å². The summed E-state index contributed by atoms with van der Waals surface area (Å²) in [6.07, 6.45) is 0.0545. The van der Waals surface area contributed by atoms with Gasteiger partial charge in [-0.1, -0.05) is 23.4 Å². The largest absolute Gasteiger partial charge is 0.497 e. The third-order valence-electron chi connectivity index (χ3n) is 4.25. The maximum absolute atomic E-state index is 12.4. The highest BCUT2D eigenvalue weighted by atomic mass is 16.5. The van der Waals surface area contributed by atoms with E-state index in [0.717, 1.165) is 11.0 Å². The van der Waals surface area contributed by atoms with Crippen molar-refractivity contribution in [1.29, 1.82) is 0 Å². The van der Waals surface area contributed by atoms with Gasteiger partial charge in [0.15, 0.2) is 5.76 Å². The van der Waals surface area contributed by atoms with Crippen molar-refractivity contribution in [3.63, 3.8) is 0 Å². The highest BCUT2D eigenvalue weighted by Crippen LogP contribution is 2.30. The third-order valence-corrected chi connectivity index (χ3v) is 4.25. The Morgan fingerprint density at radius 3 is 2.68 bits per heavy atom. The SMILES string of the molecule is COc1ccc(NC(=O)Cc2cc(-c3cc4ccccc4o3)on2)c(OC)c1. The topological polar surface area (TPSA) is 86.7 Å². The van der Waals surface area contributed by atoms with Crippen LogP contribution in [0.25, 0.3) is 22.5 Å². The van der Waals surface area contributed by atoms with Gasteiger partial charge in [0.1, 0.15) is 17.1 Å². The van der Waals surface area contributed by atoms with Crippen molar-refractivity contribution < 1.29 is 23.2 Å². The third kappa shape index (κ3) is 3.55. The highest BCUT2D eigenvalue weighted by Gasteiger charge is 2.15. The van der Waals surface area contributed by atoms with E-state index in [1.54, 1.807) is 31.4 Å². The van der Waals surface area contributed by atoms with Crippen molar-refractivity contribution in [2.75, 3.05) is 19.5 Å². The Morgan fingerprint density at radius 2 is 1.89 bits per heavy atom. The minimum Gasteiger partial charge on any atom is -0.497 e. The normalized spacial score (nSPS) is 10.8. The molecular weight excluding hydrogens is 360 g/mol. The van der Waals surface area contributed by atoms with Crippen LogP contribution in [0.2, 0.25) is 0 Å². The lowest BCUT2D eigenvalue weighted by Crippen LogP contribution is -2.15. The predicted octanol–water partition coefficient (Wildman–Crippen LogP) is 4.29. The Balaban J connectivity index is 1.47. The fourth-order valence-corrected chi connectivity index (χ4v) is 2.88. The van der Waals surface area contributed by atoms with E-state index in [1.807, 2.05) is 30.3 Å². The van der Waals surface area contributed by atoms with Gasteiger partial charge in [-0.25, -0.2) is 0 Å². The monoisotopic (exact) mass is 378 g/mol. The molecule has 0 spiro atoms. The summed E-state index contributed by atoms with van der Waals surface area (Å²) in [6.45, 7) is 0. The molecule has 7 heteroatoms. The number of aromatic nitrogens is 1. The Morgan fingerprint density at radius 1 is 1.04 bits per heavy atom. The van der Waals surface area contributed by atoms with Gasteiger partial charge in [0.25, 0.3) is 0 Å². The second-order valence-corrected chi connectivity index (χ2v) is 6.12. The zero-order valence-corrected chi connectivity index (χ0v) is 15.4. The lowest BCUT2D eigenvalue weighted by Gasteiger charge is -2.11. The fourth-order valence-electron chi connectivity index (χ4n) is 2.88. The second-order valence-electron chi connectivity index (χ2n) is 6.12. The number of furan rings is 1. The van der Waals surface area contributed by atoms with Crippen LogP contribution in [0.4, 0.5) is 5.69 Å². The van der Waals surface area contributed by atoms with E-state index in [9.17, 15) is 4.79 Å². The van der Waals surface area contributed by atoms with E-state index >= 15 is 0 Å². The lowest BCUT2D eigenvalue weighted by molar-refractivity contribution is -0.115. The molecule has 1 N–H and O–H groups in total. The number of amides is 1. The first-order chi connectivity index (χ1) is 13.7. The molecule has 7 nitrogen and oxygen atoms in total. The number of nitrogens with zero attached hydrogens (tertiary/aromatic N) is 1. The van der Waals surface area contributed by atoms with Crippen LogP contribution in [0, 0.1) is 0 Å². The molecule has 28 heavy (non-hydrogen) atoms. The Kier molecular flexibility index (Phi) is 4.72. The van der Waals surface area contributed by atoms with Gasteiger partial charge < -0.3 is 23.7 Å². The molecule has 1 amide bonds. The van der Waals surface area contributed by atoms with Gasteiger partial charge in [-0.05, 0) is 24.3 Å². The molecule has 0 bridgehead atoms. The molecule has 0 saturated heterocycles. The summed E-state index contributed by atoms with van der Waals surface area (Å²) in [5.41, 5.74) is 1.81. The molecule has 2 heterocycles. The van der Waals surface area contributed by atoms with Gasteiger partial charge in [0.05, 0.1) is 32.0 Å². The standard InChI is InChI=1S/C21H18N2O5/c1-25-15-7-8-16(18(12-15)26-2)22-21(24)11-14-10-20(28-23-14)19-9-13-5-3-4-6-17(13)27-19/h3-10,12H,11H2,1-2H3,(H,22,24). The van der Waals surface area contributed by atoms with Gasteiger partial charge in [0.2, 0.25) is 11.7 Å². The molecule has 2 aromatic carbocycles. The summed E-state index contributed by atoms with van der Waals surface area (Å²) < 4.78 is 21.5. The molecule has 0 unspecified atom stereocenters. The van der Waals surface area contributed by atoms with Crippen molar-refractivity contribution in [1.82, 2.24) is 5.16 Å². The zero-order valence-electron chi connectivity index (χ0n) is 15.4. The maximum atomic E-state index is 12.4. The number of ether oxygens (including phenoxy) is 2. The number of hydrogen-bond acceptors (Lipinski definition) is 6. The number of carbonyl (C=O) groups excluding carboxylic acids is 1. The highest BCUT2D eigenvalue weighted by molar-refractivity contribution is 5.93. The number of fused-ring (bicyclic) bond motifs is 1. The number of methoxy groups -OCH3 is 2. The number of benzene rings is 2. The maximum Gasteiger partial charge on any atom is 0.230 e. The summed E-state index contributed by atoms with van der Waals surface area (Å²) >= 11 is 0. The molecule has 0 aliphatic rings.